The van der Waals surface area contributed by atoms with Crippen molar-refractivity contribution in [2.24, 2.45) is 0 Å². The standard InChI is InChI=1S/C17H24N4O5S/c1-12-10-19(7-8-20(12)17(23)24)11-16(22)21-6-5-13-3-4-14(9-15(13)21)27(25,26)18-2/h3-4,9,12,18H,5-8,10-11H2,1-2H3,(H,23,24). The molecule has 0 bridgehead atoms. The molecule has 0 saturated carbocycles. The van der Waals surface area contributed by atoms with Gasteiger partial charge in [0, 0.05) is 37.9 Å². The van der Waals surface area contributed by atoms with Crippen LogP contribution in [0.25, 0.3) is 0 Å². The van der Waals surface area contributed by atoms with E-state index in [0.29, 0.717) is 38.3 Å². The predicted octanol–water partition coefficient (Wildman–Crippen LogP) is 0.168. The van der Waals surface area contributed by atoms with Gasteiger partial charge in [-0.15, -0.1) is 0 Å². The zero-order valence-electron chi connectivity index (χ0n) is 15.4. The van der Waals surface area contributed by atoms with Crippen molar-refractivity contribution in [1.29, 1.82) is 0 Å². The van der Waals surface area contributed by atoms with Crippen LogP contribution in [0.4, 0.5) is 10.5 Å². The Balaban J connectivity index is 1.72. The molecule has 0 spiro atoms. The van der Waals surface area contributed by atoms with Crippen LogP contribution in [0.3, 0.4) is 0 Å². The van der Waals surface area contributed by atoms with Crippen LogP contribution in [0, 0.1) is 0 Å². The highest BCUT2D eigenvalue weighted by Crippen LogP contribution is 2.30. The topological polar surface area (TPSA) is 110 Å². The number of anilines is 1. The van der Waals surface area contributed by atoms with E-state index in [4.69, 9.17) is 5.11 Å². The van der Waals surface area contributed by atoms with Crippen LogP contribution in [0.1, 0.15) is 12.5 Å². The van der Waals surface area contributed by atoms with E-state index in [1.54, 1.807) is 17.0 Å². The van der Waals surface area contributed by atoms with Gasteiger partial charge in [-0.3, -0.25) is 9.69 Å². The number of nitrogens with zero attached hydrogens (tertiary/aromatic N) is 3. The van der Waals surface area contributed by atoms with Gasteiger partial charge in [-0.2, -0.15) is 0 Å². The molecule has 1 aromatic carbocycles. The van der Waals surface area contributed by atoms with E-state index in [2.05, 4.69) is 4.72 Å². The minimum atomic E-state index is -3.58. The van der Waals surface area contributed by atoms with E-state index in [0.717, 1.165) is 5.56 Å². The fourth-order valence-electron chi connectivity index (χ4n) is 3.64. The second-order valence-corrected chi connectivity index (χ2v) is 8.74. The summed E-state index contributed by atoms with van der Waals surface area (Å²) in [5, 5.41) is 9.15. The Kier molecular flexibility index (Phi) is 5.41. The largest absolute Gasteiger partial charge is 0.465 e. The Bertz CT molecular complexity index is 857. The molecule has 27 heavy (non-hydrogen) atoms. The van der Waals surface area contributed by atoms with E-state index >= 15 is 0 Å². The first-order valence-electron chi connectivity index (χ1n) is 8.81. The van der Waals surface area contributed by atoms with E-state index in [-0.39, 0.29) is 23.4 Å². The highest BCUT2D eigenvalue weighted by Gasteiger charge is 2.31. The highest BCUT2D eigenvalue weighted by atomic mass is 32.2. The molecule has 9 nitrogen and oxygen atoms in total. The normalized spacial score (nSPS) is 20.6. The Labute approximate surface area is 158 Å². The Morgan fingerprint density at radius 3 is 2.63 bits per heavy atom. The Hall–Kier alpha value is -2.17. The molecule has 1 unspecified atom stereocenters. The van der Waals surface area contributed by atoms with Crippen LogP contribution in [-0.4, -0.2) is 81.1 Å². The molecular weight excluding hydrogens is 372 g/mol. The monoisotopic (exact) mass is 396 g/mol. The molecule has 1 atom stereocenters. The van der Waals surface area contributed by atoms with Crippen molar-refractivity contribution in [2.45, 2.75) is 24.3 Å². The third-order valence-corrected chi connectivity index (χ3v) is 6.56. The number of carboxylic acid groups (broad SMARTS) is 1. The molecule has 3 rings (SSSR count). The van der Waals surface area contributed by atoms with Crippen molar-refractivity contribution < 1.29 is 23.1 Å². The lowest BCUT2D eigenvalue weighted by Crippen LogP contribution is -2.55. The smallest absolute Gasteiger partial charge is 0.407 e. The summed E-state index contributed by atoms with van der Waals surface area (Å²) in [6.07, 6.45) is -0.260. The van der Waals surface area contributed by atoms with E-state index in [9.17, 15) is 18.0 Å². The molecule has 2 heterocycles. The van der Waals surface area contributed by atoms with Gasteiger partial charge in [-0.05, 0) is 38.1 Å². The number of carbonyl (C=O) groups is 2. The molecule has 2 aliphatic rings. The van der Waals surface area contributed by atoms with Gasteiger partial charge in [0.2, 0.25) is 15.9 Å². The molecular formula is C17H24N4O5S. The number of rotatable bonds is 4. The quantitative estimate of drug-likeness (QED) is 0.751. The van der Waals surface area contributed by atoms with Crippen molar-refractivity contribution in [1.82, 2.24) is 14.5 Å². The van der Waals surface area contributed by atoms with Gasteiger partial charge >= 0.3 is 6.09 Å². The fraction of sp³-hybridized carbons (Fsp3) is 0.529. The van der Waals surface area contributed by atoms with E-state index in [1.807, 2.05) is 11.8 Å². The molecule has 10 heteroatoms. The lowest BCUT2D eigenvalue weighted by molar-refractivity contribution is -0.120. The van der Waals surface area contributed by atoms with Gasteiger partial charge in [0.15, 0.2) is 0 Å². The van der Waals surface area contributed by atoms with Crippen LogP contribution in [0.5, 0.6) is 0 Å². The summed E-state index contributed by atoms with van der Waals surface area (Å²) >= 11 is 0. The van der Waals surface area contributed by atoms with Crippen LogP contribution in [-0.2, 0) is 21.2 Å². The minimum Gasteiger partial charge on any atom is -0.465 e. The summed E-state index contributed by atoms with van der Waals surface area (Å²) in [6, 6.07) is 4.66. The molecule has 0 aromatic heterocycles. The maximum absolute atomic E-state index is 12.8. The molecule has 0 aliphatic carbocycles. The number of carbonyl (C=O) groups excluding carboxylic acids is 1. The summed E-state index contributed by atoms with van der Waals surface area (Å²) in [5.74, 6) is -0.108. The van der Waals surface area contributed by atoms with Gasteiger partial charge in [-0.1, -0.05) is 6.07 Å². The van der Waals surface area contributed by atoms with Gasteiger partial charge < -0.3 is 14.9 Å². The van der Waals surface area contributed by atoms with Gasteiger partial charge in [0.25, 0.3) is 0 Å². The number of amides is 2. The highest BCUT2D eigenvalue weighted by molar-refractivity contribution is 7.89. The number of benzene rings is 1. The van der Waals surface area contributed by atoms with Gasteiger partial charge in [0.1, 0.15) is 0 Å². The molecule has 148 valence electrons. The molecule has 2 amide bonds. The van der Waals surface area contributed by atoms with Crippen molar-refractivity contribution in [3.8, 4) is 0 Å². The molecule has 1 aromatic rings. The summed E-state index contributed by atoms with van der Waals surface area (Å²) < 4.78 is 26.4. The zero-order chi connectivity index (χ0) is 19.8. The second-order valence-electron chi connectivity index (χ2n) is 6.85. The van der Waals surface area contributed by atoms with Crippen molar-refractivity contribution in [3.63, 3.8) is 0 Å². The lowest BCUT2D eigenvalue weighted by Gasteiger charge is -2.38. The first-order chi connectivity index (χ1) is 12.7. The number of hydrogen-bond donors (Lipinski definition) is 2. The average Bonchev–Trinajstić information content (AvgIpc) is 3.04. The number of hydrogen-bond acceptors (Lipinski definition) is 5. The molecule has 1 saturated heterocycles. The molecule has 0 radical (unpaired) electrons. The van der Waals surface area contributed by atoms with Crippen molar-refractivity contribution in [3.05, 3.63) is 23.8 Å². The van der Waals surface area contributed by atoms with Gasteiger partial charge in [0.05, 0.1) is 11.4 Å². The van der Waals surface area contributed by atoms with Crippen LogP contribution < -0.4 is 9.62 Å². The first-order valence-corrected chi connectivity index (χ1v) is 10.3. The summed E-state index contributed by atoms with van der Waals surface area (Å²) in [5.41, 5.74) is 1.58. The predicted molar refractivity (Wildman–Crippen MR) is 99.4 cm³/mol. The third kappa shape index (κ3) is 3.92. The maximum atomic E-state index is 12.8. The minimum absolute atomic E-state index is 0.108. The number of nitrogens with one attached hydrogen (secondary N) is 1. The first kappa shape index (κ1) is 19.6. The average molecular weight is 396 g/mol. The zero-order valence-corrected chi connectivity index (χ0v) is 16.2. The summed E-state index contributed by atoms with van der Waals surface area (Å²) in [6.45, 7) is 3.88. The molecule has 2 N–H and O–H groups in total. The number of piperazine rings is 1. The Morgan fingerprint density at radius 1 is 1.26 bits per heavy atom. The maximum Gasteiger partial charge on any atom is 0.407 e. The number of fused-ring (bicyclic) bond motifs is 1. The van der Waals surface area contributed by atoms with Crippen LogP contribution >= 0.6 is 0 Å². The van der Waals surface area contributed by atoms with Crippen LogP contribution in [0.15, 0.2) is 23.1 Å². The lowest BCUT2D eigenvalue weighted by atomic mass is 10.2. The van der Waals surface area contributed by atoms with Crippen molar-refractivity contribution >= 4 is 27.7 Å². The SMILES string of the molecule is CNS(=O)(=O)c1ccc2c(c1)N(C(=O)CN1CCN(C(=O)O)C(C)C1)CC2. The summed E-state index contributed by atoms with van der Waals surface area (Å²) in [4.78, 5) is 29.0. The molecule has 1 fully saturated rings. The van der Waals surface area contributed by atoms with E-state index < -0.39 is 16.1 Å². The molecule has 2 aliphatic heterocycles. The van der Waals surface area contributed by atoms with Gasteiger partial charge in [-0.25, -0.2) is 17.9 Å². The second kappa shape index (κ2) is 7.45. The Morgan fingerprint density at radius 2 is 2.00 bits per heavy atom. The fourth-order valence-corrected chi connectivity index (χ4v) is 4.39. The number of sulfonamides is 1. The third-order valence-electron chi connectivity index (χ3n) is 5.15. The van der Waals surface area contributed by atoms with Crippen molar-refractivity contribution in [2.75, 3.05) is 44.7 Å². The summed E-state index contributed by atoms with van der Waals surface area (Å²) in [7, 11) is -2.23. The van der Waals surface area contributed by atoms with E-state index in [1.165, 1.54) is 18.0 Å². The van der Waals surface area contributed by atoms with Crippen LogP contribution in [0.2, 0.25) is 0 Å².